The standard InChI is InChI=1S/C12H17N3OS/c13-12(17)11-10(5-2-6-14-11)15(7-8-16)9-3-1-4-9/h2,5-6,9,16H,1,3-4,7-8H2,(H2,13,17). The molecule has 3 N–H and O–H groups in total. The van der Waals surface area contributed by atoms with Crippen molar-refractivity contribution in [3.63, 3.8) is 0 Å². The van der Waals surface area contributed by atoms with Crippen LogP contribution in [0, 0.1) is 0 Å². The number of hydrogen-bond acceptors (Lipinski definition) is 4. The number of aromatic nitrogens is 1. The molecular formula is C12H17N3OS. The number of hydrogen-bond donors (Lipinski definition) is 2. The zero-order chi connectivity index (χ0) is 12.3. The van der Waals surface area contributed by atoms with E-state index in [9.17, 15) is 0 Å². The third-order valence-corrected chi connectivity index (χ3v) is 3.38. The summed E-state index contributed by atoms with van der Waals surface area (Å²) in [4.78, 5) is 6.71. The molecule has 1 heterocycles. The van der Waals surface area contributed by atoms with Gasteiger partial charge in [0.25, 0.3) is 0 Å². The van der Waals surface area contributed by atoms with Crippen LogP contribution in [0.1, 0.15) is 25.0 Å². The highest BCUT2D eigenvalue weighted by atomic mass is 32.1. The number of anilines is 1. The summed E-state index contributed by atoms with van der Waals surface area (Å²) in [5, 5.41) is 9.17. The van der Waals surface area contributed by atoms with E-state index in [-0.39, 0.29) is 6.61 Å². The molecule has 0 amide bonds. The van der Waals surface area contributed by atoms with Gasteiger partial charge in [0.2, 0.25) is 0 Å². The van der Waals surface area contributed by atoms with Crippen LogP contribution in [-0.4, -0.2) is 34.3 Å². The SMILES string of the molecule is NC(=S)c1ncccc1N(CCO)C1CCC1. The van der Waals surface area contributed by atoms with Crippen LogP contribution >= 0.6 is 12.2 Å². The highest BCUT2D eigenvalue weighted by molar-refractivity contribution is 7.80. The maximum Gasteiger partial charge on any atom is 0.124 e. The molecule has 0 aliphatic heterocycles. The number of aliphatic hydroxyl groups is 1. The molecule has 1 aliphatic carbocycles. The molecule has 0 aromatic carbocycles. The second-order valence-corrected chi connectivity index (χ2v) is 4.68. The van der Waals surface area contributed by atoms with E-state index in [1.807, 2.05) is 12.1 Å². The quantitative estimate of drug-likeness (QED) is 0.766. The number of aliphatic hydroxyl groups excluding tert-OH is 1. The van der Waals surface area contributed by atoms with Crippen LogP contribution in [0.3, 0.4) is 0 Å². The van der Waals surface area contributed by atoms with Gasteiger partial charge in [0.1, 0.15) is 10.7 Å². The molecule has 0 atom stereocenters. The molecule has 0 unspecified atom stereocenters. The van der Waals surface area contributed by atoms with Crippen molar-refractivity contribution in [1.82, 2.24) is 4.98 Å². The normalized spacial score (nSPS) is 15.4. The summed E-state index contributed by atoms with van der Waals surface area (Å²) >= 11 is 5.02. The molecule has 5 heteroatoms. The zero-order valence-electron chi connectivity index (χ0n) is 9.67. The second kappa shape index (κ2) is 5.42. The van der Waals surface area contributed by atoms with Crippen LogP contribution in [0.25, 0.3) is 0 Å². The Morgan fingerprint density at radius 1 is 1.59 bits per heavy atom. The van der Waals surface area contributed by atoms with Gasteiger partial charge in [-0.25, -0.2) is 0 Å². The van der Waals surface area contributed by atoms with Crippen molar-refractivity contribution in [3.05, 3.63) is 24.0 Å². The number of pyridine rings is 1. The van der Waals surface area contributed by atoms with Crippen molar-refractivity contribution in [2.24, 2.45) is 5.73 Å². The first-order valence-corrected chi connectivity index (χ1v) is 6.27. The summed E-state index contributed by atoms with van der Waals surface area (Å²) < 4.78 is 0. The summed E-state index contributed by atoms with van der Waals surface area (Å²) in [6, 6.07) is 4.33. The lowest BCUT2D eigenvalue weighted by atomic mass is 9.91. The molecule has 0 radical (unpaired) electrons. The maximum absolute atomic E-state index is 9.17. The fraction of sp³-hybridized carbons (Fsp3) is 0.500. The fourth-order valence-electron chi connectivity index (χ4n) is 2.12. The maximum atomic E-state index is 9.17. The van der Waals surface area contributed by atoms with Gasteiger partial charge >= 0.3 is 0 Å². The first kappa shape index (κ1) is 12.3. The van der Waals surface area contributed by atoms with Crippen LogP contribution in [0.5, 0.6) is 0 Å². The van der Waals surface area contributed by atoms with Crippen LogP contribution in [-0.2, 0) is 0 Å². The Morgan fingerprint density at radius 2 is 2.35 bits per heavy atom. The molecule has 0 saturated heterocycles. The fourth-order valence-corrected chi connectivity index (χ4v) is 2.28. The molecule has 2 rings (SSSR count). The predicted molar refractivity (Wildman–Crippen MR) is 72.2 cm³/mol. The smallest absolute Gasteiger partial charge is 0.124 e. The van der Waals surface area contributed by atoms with Crippen LogP contribution in [0.4, 0.5) is 5.69 Å². The van der Waals surface area contributed by atoms with Crippen molar-refractivity contribution < 1.29 is 5.11 Å². The monoisotopic (exact) mass is 251 g/mol. The van der Waals surface area contributed by atoms with Gasteiger partial charge in [0.15, 0.2) is 0 Å². The summed E-state index contributed by atoms with van der Waals surface area (Å²) in [5.41, 5.74) is 7.29. The Hall–Kier alpha value is -1.20. The third-order valence-electron chi connectivity index (χ3n) is 3.19. The molecular weight excluding hydrogens is 234 g/mol. The molecule has 17 heavy (non-hydrogen) atoms. The van der Waals surface area contributed by atoms with E-state index in [2.05, 4.69) is 9.88 Å². The van der Waals surface area contributed by atoms with Gasteiger partial charge in [0.05, 0.1) is 12.3 Å². The Balaban J connectivity index is 2.30. The summed E-state index contributed by atoms with van der Waals surface area (Å²) in [6.45, 7) is 0.730. The molecule has 0 spiro atoms. The second-order valence-electron chi connectivity index (χ2n) is 4.24. The van der Waals surface area contributed by atoms with E-state index in [4.69, 9.17) is 23.1 Å². The van der Waals surface area contributed by atoms with Gasteiger partial charge in [-0.05, 0) is 31.4 Å². The lowest BCUT2D eigenvalue weighted by Crippen LogP contribution is -2.43. The Morgan fingerprint density at radius 3 is 2.88 bits per heavy atom. The lowest BCUT2D eigenvalue weighted by Gasteiger charge is -2.39. The highest BCUT2D eigenvalue weighted by Crippen LogP contribution is 2.30. The van der Waals surface area contributed by atoms with E-state index in [1.165, 1.54) is 6.42 Å². The first-order valence-electron chi connectivity index (χ1n) is 5.86. The van der Waals surface area contributed by atoms with Crippen LogP contribution < -0.4 is 10.6 Å². The molecule has 1 saturated carbocycles. The average molecular weight is 251 g/mol. The molecule has 1 aromatic heterocycles. The predicted octanol–water partition coefficient (Wildman–Crippen LogP) is 1.07. The van der Waals surface area contributed by atoms with E-state index in [1.54, 1.807) is 6.20 Å². The third kappa shape index (κ3) is 2.56. The van der Waals surface area contributed by atoms with Crippen molar-refractivity contribution in [2.45, 2.75) is 25.3 Å². The summed E-state index contributed by atoms with van der Waals surface area (Å²) in [6.07, 6.45) is 5.25. The van der Waals surface area contributed by atoms with E-state index >= 15 is 0 Å². The topological polar surface area (TPSA) is 62.4 Å². The van der Waals surface area contributed by atoms with Gasteiger partial charge in [-0.1, -0.05) is 12.2 Å². The van der Waals surface area contributed by atoms with Crippen LogP contribution in [0.2, 0.25) is 0 Å². The van der Waals surface area contributed by atoms with Gasteiger partial charge < -0.3 is 15.7 Å². The van der Waals surface area contributed by atoms with E-state index < -0.39 is 0 Å². The molecule has 1 aromatic rings. The van der Waals surface area contributed by atoms with E-state index in [0.29, 0.717) is 23.3 Å². The number of nitrogens with two attached hydrogens (primary N) is 1. The number of rotatable bonds is 5. The van der Waals surface area contributed by atoms with Crippen molar-refractivity contribution in [2.75, 3.05) is 18.1 Å². The minimum atomic E-state index is 0.127. The number of thiocarbonyl (C=S) groups is 1. The van der Waals surface area contributed by atoms with Gasteiger partial charge in [-0.15, -0.1) is 0 Å². The molecule has 1 fully saturated rings. The largest absolute Gasteiger partial charge is 0.395 e. The molecule has 4 nitrogen and oxygen atoms in total. The average Bonchev–Trinajstić information content (AvgIpc) is 2.26. The van der Waals surface area contributed by atoms with Crippen molar-refractivity contribution >= 4 is 22.9 Å². The Bertz CT molecular complexity index is 406. The van der Waals surface area contributed by atoms with Crippen molar-refractivity contribution in [3.8, 4) is 0 Å². The minimum Gasteiger partial charge on any atom is -0.395 e. The van der Waals surface area contributed by atoms with Crippen molar-refractivity contribution in [1.29, 1.82) is 0 Å². The minimum absolute atomic E-state index is 0.127. The van der Waals surface area contributed by atoms with Gasteiger partial charge in [-0.2, -0.15) is 0 Å². The zero-order valence-corrected chi connectivity index (χ0v) is 10.5. The van der Waals surface area contributed by atoms with E-state index in [0.717, 1.165) is 18.5 Å². The Kier molecular flexibility index (Phi) is 3.91. The lowest BCUT2D eigenvalue weighted by molar-refractivity contribution is 0.283. The first-order chi connectivity index (χ1) is 8.24. The highest BCUT2D eigenvalue weighted by Gasteiger charge is 2.26. The summed E-state index contributed by atoms with van der Waals surface area (Å²) in [5.74, 6) is 0. The van der Waals surface area contributed by atoms with Crippen LogP contribution in [0.15, 0.2) is 18.3 Å². The van der Waals surface area contributed by atoms with Gasteiger partial charge in [-0.3, -0.25) is 4.98 Å². The van der Waals surface area contributed by atoms with Gasteiger partial charge in [0, 0.05) is 18.8 Å². The number of nitrogens with zero attached hydrogens (tertiary/aromatic N) is 2. The summed E-state index contributed by atoms with van der Waals surface area (Å²) in [7, 11) is 0. The Labute approximate surface area is 106 Å². The molecule has 92 valence electrons. The molecule has 1 aliphatic rings. The molecule has 0 bridgehead atoms.